The largest absolute Gasteiger partial charge is 0.389 e. The highest BCUT2D eigenvalue weighted by molar-refractivity contribution is 7.17. The molecular weight excluding hydrogens is 438 g/mol. The minimum absolute atomic E-state index is 0.0622. The van der Waals surface area contributed by atoms with Gasteiger partial charge in [-0.2, -0.15) is 0 Å². The lowest BCUT2D eigenvalue weighted by Crippen LogP contribution is -2.37. The second-order valence-electron chi connectivity index (χ2n) is 8.78. The summed E-state index contributed by atoms with van der Waals surface area (Å²) in [7, 11) is 1.67. The van der Waals surface area contributed by atoms with Crippen LogP contribution in [0.2, 0.25) is 0 Å². The van der Waals surface area contributed by atoms with Crippen LogP contribution < -0.4 is 5.56 Å². The monoisotopic (exact) mass is 473 g/mol. The first-order valence-corrected chi connectivity index (χ1v) is 12.3. The molecule has 3 aromatic rings. The number of aryl methyl sites for hydroxylation is 2. The van der Waals surface area contributed by atoms with E-state index in [1.54, 1.807) is 7.11 Å². The molecule has 1 atom stereocenters. The van der Waals surface area contributed by atoms with Crippen molar-refractivity contribution in [2.45, 2.75) is 52.9 Å². The van der Waals surface area contributed by atoms with E-state index in [4.69, 9.17) is 14.5 Å². The van der Waals surface area contributed by atoms with Crippen LogP contribution in [0.3, 0.4) is 0 Å². The fourth-order valence-corrected chi connectivity index (χ4v) is 4.87. The second kappa shape index (κ2) is 11.9. The molecule has 0 spiro atoms. The van der Waals surface area contributed by atoms with E-state index in [-0.39, 0.29) is 18.3 Å². The minimum atomic E-state index is -0.622. The van der Waals surface area contributed by atoms with Gasteiger partial charge in [0.2, 0.25) is 0 Å². The van der Waals surface area contributed by atoms with Gasteiger partial charge in [-0.05, 0) is 45.2 Å². The van der Waals surface area contributed by atoms with Gasteiger partial charge in [0.1, 0.15) is 10.7 Å². The first-order chi connectivity index (χ1) is 15.8. The molecular formula is C25H35N3O4S. The first-order valence-electron chi connectivity index (χ1n) is 11.4. The number of methoxy groups -OCH3 is 1. The molecule has 1 aromatic carbocycles. The quantitative estimate of drug-likeness (QED) is 0.388. The molecule has 8 heteroatoms. The lowest BCUT2D eigenvalue weighted by molar-refractivity contribution is -0.0106. The number of aliphatic hydroxyl groups is 1. The number of rotatable bonds is 12. The Kier molecular flexibility index (Phi) is 9.17. The van der Waals surface area contributed by atoms with Crippen LogP contribution in [0.1, 0.15) is 37.2 Å². The third-order valence-electron chi connectivity index (χ3n) is 5.45. The molecule has 0 aliphatic carbocycles. The average Bonchev–Trinajstić information content (AvgIpc) is 3.16. The highest BCUT2D eigenvalue weighted by Crippen LogP contribution is 2.33. The van der Waals surface area contributed by atoms with Gasteiger partial charge in [-0.3, -0.25) is 9.69 Å². The molecule has 0 aliphatic rings. The van der Waals surface area contributed by atoms with Crippen LogP contribution in [0.4, 0.5) is 0 Å². The van der Waals surface area contributed by atoms with Crippen molar-refractivity contribution in [3.8, 4) is 11.1 Å². The van der Waals surface area contributed by atoms with Gasteiger partial charge in [-0.25, -0.2) is 4.98 Å². The number of hydrogen-bond donors (Lipinski definition) is 2. The Morgan fingerprint density at radius 2 is 2.03 bits per heavy atom. The SMILES string of the molecule is COCCCN(Cc1nc2scc(-c3ccc(C)cc3C)c2c(=O)[nH]1)C[C@H](O)COC(C)C. The number of benzene rings is 1. The summed E-state index contributed by atoms with van der Waals surface area (Å²) in [5.74, 6) is 0.593. The van der Waals surface area contributed by atoms with E-state index >= 15 is 0 Å². The predicted octanol–water partition coefficient (Wildman–Crippen LogP) is 3.89. The maximum Gasteiger partial charge on any atom is 0.260 e. The number of nitrogens with zero attached hydrogens (tertiary/aromatic N) is 2. The van der Waals surface area contributed by atoms with Gasteiger partial charge in [-0.1, -0.05) is 23.8 Å². The molecule has 33 heavy (non-hydrogen) atoms. The molecule has 3 rings (SSSR count). The van der Waals surface area contributed by atoms with E-state index in [2.05, 4.69) is 41.9 Å². The number of fused-ring (bicyclic) bond motifs is 1. The van der Waals surface area contributed by atoms with Crippen molar-refractivity contribution in [3.05, 3.63) is 50.9 Å². The van der Waals surface area contributed by atoms with Gasteiger partial charge >= 0.3 is 0 Å². The normalized spacial score (nSPS) is 12.8. The standard InChI is InChI=1S/C25H35N3O4S/c1-16(2)32-14-19(29)12-28(9-6-10-31-5)13-22-26-24(30)23-21(15-33-25(23)27-22)20-8-7-17(3)11-18(20)4/h7-8,11,15-16,19,29H,6,9-10,12-14H2,1-5H3,(H,26,27,30)/t19-/m0/s1. The summed E-state index contributed by atoms with van der Waals surface area (Å²) in [5.41, 5.74) is 4.18. The number of nitrogens with one attached hydrogen (secondary N) is 1. The summed E-state index contributed by atoms with van der Waals surface area (Å²) in [6.07, 6.45) is 0.256. The Morgan fingerprint density at radius 3 is 2.73 bits per heavy atom. The van der Waals surface area contributed by atoms with Crippen LogP contribution in [0, 0.1) is 13.8 Å². The molecule has 180 valence electrons. The zero-order chi connectivity index (χ0) is 24.0. The van der Waals surface area contributed by atoms with Crippen LogP contribution in [-0.4, -0.2) is 65.6 Å². The Morgan fingerprint density at radius 1 is 1.24 bits per heavy atom. The third-order valence-corrected chi connectivity index (χ3v) is 6.32. The molecule has 2 heterocycles. The summed E-state index contributed by atoms with van der Waals surface area (Å²) < 4.78 is 10.7. The molecule has 0 aliphatic heterocycles. The Labute approximate surface area is 199 Å². The number of aliphatic hydroxyl groups excluding tert-OH is 1. The second-order valence-corrected chi connectivity index (χ2v) is 9.64. The summed E-state index contributed by atoms with van der Waals surface area (Å²) in [6.45, 7) is 10.5. The van der Waals surface area contributed by atoms with Crippen molar-refractivity contribution in [1.29, 1.82) is 0 Å². The van der Waals surface area contributed by atoms with E-state index in [0.29, 0.717) is 37.5 Å². The number of aromatic nitrogens is 2. The molecule has 0 unspecified atom stereocenters. The molecule has 2 N–H and O–H groups in total. The summed E-state index contributed by atoms with van der Waals surface area (Å²) in [5, 5.41) is 13.1. The molecule has 2 aromatic heterocycles. The summed E-state index contributed by atoms with van der Waals surface area (Å²) in [6, 6.07) is 6.26. The van der Waals surface area contributed by atoms with Crippen LogP contribution in [-0.2, 0) is 16.0 Å². The first kappa shape index (κ1) is 25.5. The van der Waals surface area contributed by atoms with E-state index in [0.717, 1.165) is 27.9 Å². The van der Waals surface area contributed by atoms with Crippen molar-refractivity contribution in [1.82, 2.24) is 14.9 Å². The Bertz CT molecular complexity index is 1110. The van der Waals surface area contributed by atoms with Crippen LogP contribution in [0.15, 0.2) is 28.4 Å². The minimum Gasteiger partial charge on any atom is -0.389 e. The van der Waals surface area contributed by atoms with Crippen LogP contribution in [0.25, 0.3) is 21.3 Å². The van der Waals surface area contributed by atoms with Gasteiger partial charge in [0.25, 0.3) is 5.56 Å². The number of hydrogen-bond acceptors (Lipinski definition) is 7. The maximum absolute atomic E-state index is 13.1. The van der Waals surface area contributed by atoms with Gasteiger partial charge < -0.3 is 19.6 Å². The van der Waals surface area contributed by atoms with Crippen molar-refractivity contribution in [2.75, 3.05) is 33.4 Å². The van der Waals surface area contributed by atoms with Crippen molar-refractivity contribution in [2.24, 2.45) is 0 Å². The Balaban J connectivity index is 1.83. The summed E-state index contributed by atoms with van der Waals surface area (Å²) in [4.78, 5) is 23.6. The highest BCUT2D eigenvalue weighted by atomic mass is 32.1. The van der Waals surface area contributed by atoms with Crippen LogP contribution in [0.5, 0.6) is 0 Å². The van der Waals surface area contributed by atoms with Crippen molar-refractivity contribution >= 4 is 21.6 Å². The molecule has 0 fully saturated rings. The van der Waals surface area contributed by atoms with E-state index < -0.39 is 6.10 Å². The molecule has 0 radical (unpaired) electrons. The average molecular weight is 474 g/mol. The maximum atomic E-state index is 13.1. The number of aromatic amines is 1. The van der Waals surface area contributed by atoms with E-state index in [9.17, 15) is 9.90 Å². The van der Waals surface area contributed by atoms with E-state index in [1.165, 1.54) is 16.9 Å². The van der Waals surface area contributed by atoms with Crippen LogP contribution >= 0.6 is 11.3 Å². The smallest absolute Gasteiger partial charge is 0.260 e. The Hall–Kier alpha value is -2.10. The lowest BCUT2D eigenvalue weighted by atomic mass is 9.99. The van der Waals surface area contributed by atoms with Crippen molar-refractivity contribution < 1.29 is 14.6 Å². The summed E-state index contributed by atoms with van der Waals surface area (Å²) >= 11 is 1.48. The molecule has 0 amide bonds. The molecule has 0 saturated carbocycles. The van der Waals surface area contributed by atoms with Gasteiger partial charge in [-0.15, -0.1) is 11.3 Å². The van der Waals surface area contributed by atoms with Gasteiger partial charge in [0, 0.05) is 37.7 Å². The number of H-pyrrole nitrogens is 1. The van der Waals surface area contributed by atoms with E-state index in [1.807, 2.05) is 19.2 Å². The van der Waals surface area contributed by atoms with Gasteiger partial charge in [0.15, 0.2) is 0 Å². The van der Waals surface area contributed by atoms with Gasteiger partial charge in [0.05, 0.1) is 30.7 Å². The zero-order valence-corrected chi connectivity index (χ0v) is 21.0. The fourth-order valence-electron chi connectivity index (χ4n) is 3.92. The predicted molar refractivity (Wildman–Crippen MR) is 134 cm³/mol. The highest BCUT2D eigenvalue weighted by Gasteiger charge is 2.18. The molecule has 7 nitrogen and oxygen atoms in total. The van der Waals surface area contributed by atoms with Crippen molar-refractivity contribution in [3.63, 3.8) is 0 Å². The lowest BCUT2D eigenvalue weighted by Gasteiger charge is -2.25. The third kappa shape index (κ3) is 6.94. The molecule has 0 saturated heterocycles. The zero-order valence-electron chi connectivity index (χ0n) is 20.2. The number of ether oxygens (including phenoxy) is 2. The molecule has 0 bridgehead atoms. The topological polar surface area (TPSA) is 87.7 Å². The fraction of sp³-hybridized carbons (Fsp3) is 0.520. The number of thiophene rings is 1.